The molecule has 0 atom stereocenters. The monoisotopic (exact) mass is 307 g/mol. The van der Waals surface area contributed by atoms with Crippen molar-refractivity contribution in [2.45, 2.75) is 13.0 Å². The first kappa shape index (κ1) is 15.4. The molecule has 0 radical (unpaired) electrons. The van der Waals surface area contributed by atoms with Gasteiger partial charge in [0.15, 0.2) is 0 Å². The molecule has 0 unspecified atom stereocenters. The first-order chi connectivity index (χ1) is 11.2. The zero-order valence-electron chi connectivity index (χ0n) is 13.6. The number of rotatable bonds is 6. The number of hydrogen-bond donors (Lipinski definition) is 0. The number of nitrogens with zero attached hydrogens (tertiary/aromatic N) is 5. The summed E-state index contributed by atoms with van der Waals surface area (Å²) < 4.78 is 2.01. The average Bonchev–Trinajstić information content (AvgIpc) is 3.04. The fourth-order valence-electron chi connectivity index (χ4n) is 2.48. The molecule has 0 saturated heterocycles. The van der Waals surface area contributed by atoms with Gasteiger partial charge in [-0.3, -0.25) is 14.6 Å². The zero-order chi connectivity index (χ0) is 16.1. The van der Waals surface area contributed by atoms with E-state index < -0.39 is 0 Å². The van der Waals surface area contributed by atoms with E-state index in [1.54, 1.807) is 18.6 Å². The summed E-state index contributed by atoms with van der Waals surface area (Å²) in [6.45, 7) is 2.00. The van der Waals surface area contributed by atoms with Gasteiger partial charge < -0.3 is 4.90 Å². The fourth-order valence-corrected chi connectivity index (χ4v) is 2.48. The molecule has 0 N–H and O–H groups in total. The highest BCUT2D eigenvalue weighted by Gasteiger charge is 2.05. The van der Waals surface area contributed by atoms with Gasteiger partial charge in [-0.05, 0) is 39.2 Å². The van der Waals surface area contributed by atoms with Crippen LogP contribution in [0.25, 0.3) is 22.5 Å². The lowest BCUT2D eigenvalue weighted by atomic mass is 10.1. The Hall–Kier alpha value is -2.53. The van der Waals surface area contributed by atoms with Crippen molar-refractivity contribution < 1.29 is 0 Å². The summed E-state index contributed by atoms with van der Waals surface area (Å²) in [5.41, 5.74) is 4.01. The van der Waals surface area contributed by atoms with Crippen LogP contribution in [0.2, 0.25) is 0 Å². The third-order valence-corrected chi connectivity index (χ3v) is 3.65. The number of aryl methyl sites for hydroxylation is 1. The molecular weight excluding hydrogens is 286 g/mol. The van der Waals surface area contributed by atoms with Gasteiger partial charge in [-0.15, -0.1) is 0 Å². The number of hydrogen-bond acceptors (Lipinski definition) is 4. The second-order valence-corrected chi connectivity index (χ2v) is 5.79. The maximum atomic E-state index is 4.67. The molecule has 23 heavy (non-hydrogen) atoms. The van der Waals surface area contributed by atoms with Gasteiger partial charge in [0.05, 0.1) is 17.6 Å². The molecular formula is C18H21N5. The van der Waals surface area contributed by atoms with Crippen molar-refractivity contribution in [3.8, 4) is 22.5 Å². The Labute approximate surface area is 136 Å². The van der Waals surface area contributed by atoms with Crippen LogP contribution in [0.15, 0.2) is 55.1 Å². The zero-order valence-corrected chi connectivity index (χ0v) is 13.6. The Balaban J connectivity index is 1.76. The smallest absolute Gasteiger partial charge is 0.0923 e. The second-order valence-electron chi connectivity index (χ2n) is 5.79. The van der Waals surface area contributed by atoms with E-state index in [2.05, 4.69) is 52.3 Å². The summed E-state index contributed by atoms with van der Waals surface area (Å²) in [7, 11) is 4.18. The summed E-state index contributed by atoms with van der Waals surface area (Å²) in [5.74, 6) is 0. The summed E-state index contributed by atoms with van der Waals surface area (Å²) in [6.07, 6.45) is 8.30. The van der Waals surface area contributed by atoms with Gasteiger partial charge in [0.25, 0.3) is 0 Å². The van der Waals surface area contributed by atoms with Crippen LogP contribution in [-0.2, 0) is 6.54 Å². The van der Waals surface area contributed by atoms with E-state index in [-0.39, 0.29) is 0 Å². The van der Waals surface area contributed by atoms with Crippen LogP contribution in [0.3, 0.4) is 0 Å². The molecule has 5 heteroatoms. The van der Waals surface area contributed by atoms with E-state index in [9.17, 15) is 0 Å². The molecule has 0 fully saturated rings. The Morgan fingerprint density at radius 3 is 2.61 bits per heavy atom. The lowest BCUT2D eigenvalue weighted by Crippen LogP contribution is -2.15. The molecule has 0 aliphatic carbocycles. The Kier molecular flexibility index (Phi) is 4.78. The lowest BCUT2D eigenvalue weighted by molar-refractivity contribution is 0.381. The van der Waals surface area contributed by atoms with Crippen molar-refractivity contribution in [1.29, 1.82) is 0 Å². The fraction of sp³-hybridized carbons (Fsp3) is 0.278. The largest absolute Gasteiger partial charge is 0.309 e. The lowest BCUT2D eigenvalue weighted by Gasteiger charge is -2.08. The normalized spacial score (nSPS) is 11.1. The number of benzene rings is 1. The molecule has 3 aromatic rings. The first-order valence-electron chi connectivity index (χ1n) is 7.77. The van der Waals surface area contributed by atoms with Crippen LogP contribution in [0.1, 0.15) is 6.42 Å². The van der Waals surface area contributed by atoms with Crippen molar-refractivity contribution in [3.05, 3.63) is 55.1 Å². The van der Waals surface area contributed by atoms with Gasteiger partial charge in [-0.2, -0.15) is 5.10 Å². The highest BCUT2D eigenvalue weighted by atomic mass is 15.3. The minimum absolute atomic E-state index is 0.875. The third-order valence-electron chi connectivity index (χ3n) is 3.65. The topological polar surface area (TPSA) is 46.8 Å². The molecule has 5 nitrogen and oxygen atoms in total. The Morgan fingerprint density at radius 2 is 1.87 bits per heavy atom. The maximum absolute atomic E-state index is 4.67. The Morgan fingerprint density at radius 1 is 1.04 bits per heavy atom. The average molecular weight is 307 g/mol. The van der Waals surface area contributed by atoms with Gasteiger partial charge in [0.1, 0.15) is 0 Å². The van der Waals surface area contributed by atoms with E-state index >= 15 is 0 Å². The summed E-state index contributed by atoms with van der Waals surface area (Å²) in [6, 6.07) is 10.3. The molecule has 0 saturated carbocycles. The van der Waals surface area contributed by atoms with Gasteiger partial charge in [0.2, 0.25) is 0 Å². The molecule has 118 valence electrons. The van der Waals surface area contributed by atoms with Crippen LogP contribution in [-0.4, -0.2) is 45.3 Å². The van der Waals surface area contributed by atoms with Crippen molar-refractivity contribution in [2.75, 3.05) is 20.6 Å². The van der Waals surface area contributed by atoms with E-state index in [4.69, 9.17) is 0 Å². The van der Waals surface area contributed by atoms with Crippen molar-refractivity contribution in [1.82, 2.24) is 24.6 Å². The van der Waals surface area contributed by atoms with E-state index in [0.717, 1.165) is 42.0 Å². The summed E-state index contributed by atoms with van der Waals surface area (Å²) >= 11 is 0. The van der Waals surface area contributed by atoms with E-state index in [1.807, 2.05) is 23.0 Å². The molecule has 2 heterocycles. The van der Waals surface area contributed by atoms with Crippen molar-refractivity contribution in [3.63, 3.8) is 0 Å². The highest BCUT2D eigenvalue weighted by Crippen LogP contribution is 2.23. The molecule has 0 aliphatic heterocycles. The minimum atomic E-state index is 0.875. The van der Waals surface area contributed by atoms with Crippen LogP contribution < -0.4 is 0 Å². The molecule has 0 spiro atoms. The second kappa shape index (κ2) is 7.15. The quantitative estimate of drug-likeness (QED) is 0.702. The third kappa shape index (κ3) is 4.02. The molecule has 3 rings (SSSR count). The molecule has 0 amide bonds. The predicted octanol–water partition coefficient (Wildman–Crippen LogP) is 2.96. The van der Waals surface area contributed by atoms with Gasteiger partial charge in [0, 0.05) is 36.3 Å². The van der Waals surface area contributed by atoms with Gasteiger partial charge in [-0.25, -0.2) is 0 Å². The van der Waals surface area contributed by atoms with E-state index in [0.29, 0.717) is 0 Å². The summed E-state index contributed by atoms with van der Waals surface area (Å²) in [4.78, 5) is 10.7. The van der Waals surface area contributed by atoms with Crippen LogP contribution in [0, 0.1) is 0 Å². The first-order valence-corrected chi connectivity index (χ1v) is 7.77. The van der Waals surface area contributed by atoms with Crippen molar-refractivity contribution >= 4 is 0 Å². The predicted molar refractivity (Wildman–Crippen MR) is 91.9 cm³/mol. The van der Waals surface area contributed by atoms with Crippen LogP contribution in [0.4, 0.5) is 0 Å². The highest BCUT2D eigenvalue weighted by molar-refractivity contribution is 5.68. The van der Waals surface area contributed by atoms with E-state index in [1.165, 1.54) is 0 Å². The standard InChI is InChI=1S/C18H21N5/c1-22(2)10-4-11-23-12-7-17(21-23)15-5-3-6-16(13-15)18-14-19-8-9-20-18/h3,5-9,12-14H,4,10-11H2,1-2H3. The van der Waals surface area contributed by atoms with Crippen LogP contribution in [0.5, 0.6) is 0 Å². The Bertz CT molecular complexity index is 749. The molecule has 0 bridgehead atoms. The van der Waals surface area contributed by atoms with Crippen LogP contribution >= 0.6 is 0 Å². The van der Waals surface area contributed by atoms with Gasteiger partial charge >= 0.3 is 0 Å². The molecule has 1 aromatic carbocycles. The van der Waals surface area contributed by atoms with Gasteiger partial charge in [-0.1, -0.05) is 18.2 Å². The molecule has 2 aromatic heterocycles. The molecule has 0 aliphatic rings. The SMILES string of the molecule is CN(C)CCCn1ccc(-c2cccc(-c3cnccn3)c2)n1. The maximum Gasteiger partial charge on any atom is 0.0923 e. The minimum Gasteiger partial charge on any atom is -0.309 e. The number of aromatic nitrogens is 4. The van der Waals surface area contributed by atoms with Crippen molar-refractivity contribution in [2.24, 2.45) is 0 Å². The summed E-state index contributed by atoms with van der Waals surface area (Å²) in [5, 5.41) is 4.67.